The molecule has 0 saturated carbocycles. The fraction of sp³-hybridized carbons (Fsp3) is 0.538. The van der Waals surface area contributed by atoms with E-state index in [1.54, 1.807) is 6.20 Å². The van der Waals surface area contributed by atoms with E-state index in [9.17, 15) is 0 Å². The number of hydrogen-bond donors (Lipinski definition) is 2. The summed E-state index contributed by atoms with van der Waals surface area (Å²) in [5.41, 5.74) is 6.34. The zero-order valence-corrected chi connectivity index (χ0v) is 11.4. The predicted octanol–water partition coefficient (Wildman–Crippen LogP) is 1.61. The smallest absolute Gasteiger partial charge is 0.125 e. The van der Waals surface area contributed by atoms with Crippen LogP contribution in [-0.2, 0) is 0 Å². The van der Waals surface area contributed by atoms with Crippen LogP contribution < -0.4 is 11.1 Å². The molecule has 1 aliphatic rings. The third-order valence-electron chi connectivity index (χ3n) is 3.23. The van der Waals surface area contributed by atoms with Gasteiger partial charge in [0.15, 0.2) is 0 Å². The molecule has 1 fully saturated rings. The Hall–Kier alpha value is -1.20. The summed E-state index contributed by atoms with van der Waals surface area (Å²) < 4.78 is 0. The highest BCUT2D eigenvalue weighted by Crippen LogP contribution is 2.08. The fourth-order valence-electron chi connectivity index (χ4n) is 2.17. The number of nitrogens with zero attached hydrogens (tertiary/aromatic N) is 2. The zero-order valence-electron chi connectivity index (χ0n) is 10.6. The van der Waals surface area contributed by atoms with Gasteiger partial charge in [-0.25, -0.2) is 4.98 Å². The van der Waals surface area contributed by atoms with Gasteiger partial charge in [0, 0.05) is 24.8 Å². The summed E-state index contributed by atoms with van der Waals surface area (Å²) in [6.45, 7) is 4.48. The summed E-state index contributed by atoms with van der Waals surface area (Å²) in [7, 11) is 0. The van der Waals surface area contributed by atoms with Crippen LogP contribution in [0.3, 0.4) is 0 Å². The van der Waals surface area contributed by atoms with Crippen molar-refractivity contribution in [3.8, 4) is 0 Å². The van der Waals surface area contributed by atoms with Crippen LogP contribution in [0.4, 0.5) is 5.82 Å². The third kappa shape index (κ3) is 3.92. The van der Waals surface area contributed by atoms with E-state index < -0.39 is 0 Å². The van der Waals surface area contributed by atoms with Crippen molar-refractivity contribution in [1.29, 1.82) is 0 Å². The maximum atomic E-state index is 5.53. The molecule has 0 unspecified atom stereocenters. The summed E-state index contributed by atoms with van der Waals surface area (Å²) in [6, 6.07) is 3.82. The maximum absolute atomic E-state index is 5.53. The van der Waals surface area contributed by atoms with Crippen LogP contribution in [-0.4, -0.2) is 41.1 Å². The van der Waals surface area contributed by atoms with E-state index in [1.807, 2.05) is 12.1 Å². The lowest BCUT2D eigenvalue weighted by molar-refractivity contribution is 0.237. The number of piperidine rings is 1. The highest BCUT2D eigenvalue weighted by Gasteiger charge is 2.08. The Morgan fingerprint density at radius 2 is 2.11 bits per heavy atom. The van der Waals surface area contributed by atoms with Crippen LogP contribution >= 0.6 is 12.2 Å². The van der Waals surface area contributed by atoms with Gasteiger partial charge < -0.3 is 16.0 Å². The molecule has 0 radical (unpaired) electrons. The monoisotopic (exact) mass is 264 g/mol. The van der Waals surface area contributed by atoms with Crippen LogP contribution in [0.5, 0.6) is 0 Å². The summed E-state index contributed by atoms with van der Waals surface area (Å²) in [4.78, 5) is 7.18. The summed E-state index contributed by atoms with van der Waals surface area (Å²) >= 11 is 4.89. The van der Waals surface area contributed by atoms with Crippen LogP contribution in [0.25, 0.3) is 0 Å². The molecule has 18 heavy (non-hydrogen) atoms. The van der Waals surface area contributed by atoms with Gasteiger partial charge in [0.1, 0.15) is 10.8 Å². The number of pyridine rings is 1. The normalized spacial score (nSPS) is 16.4. The Balaban J connectivity index is 1.74. The Kier molecular flexibility index (Phi) is 4.90. The lowest BCUT2D eigenvalue weighted by Crippen LogP contribution is -2.33. The SMILES string of the molecule is NC(=S)c1ccc(NCCN2CCCCC2)nc1. The third-order valence-corrected chi connectivity index (χ3v) is 3.47. The molecule has 98 valence electrons. The summed E-state index contributed by atoms with van der Waals surface area (Å²) in [6.07, 6.45) is 5.76. The molecule has 0 spiro atoms. The van der Waals surface area contributed by atoms with Crippen molar-refractivity contribution in [3.63, 3.8) is 0 Å². The molecule has 2 heterocycles. The van der Waals surface area contributed by atoms with Gasteiger partial charge in [0.25, 0.3) is 0 Å². The quantitative estimate of drug-likeness (QED) is 0.791. The Labute approximate surface area is 114 Å². The van der Waals surface area contributed by atoms with Gasteiger partial charge >= 0.3 is 0 Å². The van der Waals surface area contributed by atoms with Gasteiger partial charge in [-0.2, -0.15) is 0 Å². The van der Waals surface area contributed by atoms with E-state index in [-0.39, 0.29) is 0 Å². The molecule has 1 aromatic rings. The van der Waals surface area contributed by atoms with Crippen LogP contribution in [0.1, 0.15) is 24.8 Å². The average Bonchev–Trinajstić information content (AvgIpc) is 2.40. The fourth-order valence-corrected chi connectivity index (χ4v) is 2.29. The molecule has 0 amide bonds. The van der Waals surface area contributed by atoms with Gasteiger partial charge in [0.2, 0.25) is 0 Å². The highest BCUT2D eigenvalue weighted by atomic mass is 32.1. The van der Waals surface area contributed by atoms with E-state index >= 15 is 0 Å². The van der Waals surface area contributed by atoms with Gasteiger partial charge in [0.05, 0.1) is 0 Å². The second-order valence-corrected chi connectivity index (χ2v) is 5.07. The average molecular weight is 264 g/mol. The van der Waals surface area contributed by atoms with Gasteiger partial charge in [-0.05, 0) is 38.1 Å². The Bertz CT molecular complexity index is 384. The first-order chi connectivity index (χ1) is 8.75. The largest absolute Gasteiger partial charge is 0.389 e. The molecule has 0 atom stereocenters. The number of rotatable bonds is 5. The lowest BCUT2D eigenvalue weighted by Gasteiger charge is -2.26. The summed E-state index contributed by atoms with van der Waals surface area (Å²) in [5.74, 6) is 0.881. The van der Waals surface area contributed by atoms with E-state index in [2.05, 4.69) is 15.2 Å². The zero-order chi connectivity index (χ0) is 12.8. The van der Waals surface area contributed by atoms with Gasteiger partial charge in [-0.3, -0.25) is 0 Å². The van der Waals surface area contributed by atoms with Crippen molar-refractivity contribution in [2.45, 2.75) is 19.3 Å². The molecule has 2 rings (SSSR count). The highest BCUT2D eigenvalue weighted by molar-refractivity contribution is 7.80. The second-order valence-electron chi connectivity index (χ2n) is 4.63. The Morgan fingerprint density at radius 3 is 2.72 bits per heavy atom. The minimum absolute atomic E-state index is 0.391. The predicted molar refractivity (Wildman–Crippen MR) is 78.9 cm³/mol. The number of likely N-dealkylation sites (tertiary alicyclic amines) is 1. The van der Waals surface area contributed by atoms with Crippen molar-refractivity contribution < 1.29 is 0 Å². The first-order valence-corrected chi connectivity index (χ1v) is 6.88. The van der Waals surface area contributed by atoms with Crippen molar-refractivity contribution in [2.24, 2.45) is 5.73 Å². The topological polar surface area (TPSA) is 54.2 Å². The van der Waals surface area contributed by atoms with Crippen molar-refractivity contribution in [3.05, 3.63) is 23.9 Å². The summed E-state index contributed by atoms with van der Waals surface area (Å²) in [5, 5.41) is 3.32. The first-order valence-electron chi connectivity index (χ1n) is 6.48. The maximum Gasteiger partial charge on any atom is 0.125 e. The second kappa shape index (κ2) is 6.66. The molecule has 1 aromatic heterocycles. The van der Waals surface area contributed by atoms with E-state index in [0.717, 1.165) is 24.5 Å². The molecule has 3 N–H and O–H groups in total. The minimum atomic E-state index is 0.391. The standard InChI is InChI=1S/C13H20N4S/c14-13(18)11-4-5-12(16-10-11)15-6-9-17-7-2-1-3-8-17/h4-5,10H,1-3,6-9H2,(H2,14,18)(H,15,16). The molecule has 1 saturated heterocycles. The number of nitrogens with two attached hydrogens (primary N) is 1. The number of nitrogens with one attached hydrogen (secondary N) is 1. The number of anilines is 1. The van der Waals surface area contributed by atoms with E-state index in [0.29, 0.717) is 4.99 Å². The van der Waals surface area contributed by atoms with E-state index in [4.69, 9.17) is 18.0 Å². The van der Waals surface area contributed by atoms with Gasteiger partial charge in [-0.15, -0.1) is 0 Å². The molecule has 0 aliphatic carbocycles. The van der Waals surface area contributed by atoms with Gasteiger partial charge in [-0.1, -0.05) is 18.6 Å². The Morgan fingerprint density at radius 1 is 1.33 bits per heavy atom. The van der Waals surface area contributed by atoms with Crippen LogP contribution in [0.15, 0.2) is 18.3 Å². The number of thiocarbonyl (C=S) groups is 1. The first kappa shape index (κ1) is 13.2. The van der Waals surface area contributed by atoms with Crippen molar-refractivity contribution in [1.82, 2.24) is 9.88 Å². The molecular weight excluding hydrogens is 244 g/mol. The molecule has 4 nitrogen and oxygen atoms in total. The molecule has 1 aliphatic heterocycles. The molecular formula is C13H20N4S. The molecule has 0 bridgehead atoms. The number of aromatic nitrogens is 1. The molecule has 5 heteroatoms. The van der Waals surface area contributed by atoms with Crippen LogP contribution in [0, 0.1) is 0 Å². The number of hydrogen-bond acceptors (Lipinski definition) is 4. The van der Waals surface area contributed by atoms with Crippen molar-refractivity contribution >= 4 is 23.0 Å². The van der Waals surface area contributed by atoms with Crippen LogP contribution in [0.2, 0.25) is 0 Å². The van der Waals surface area contributed by atoms with E-state index in [1.165, 1.54) is 32.4 Å². The van der Waals surface area contributed by atoms with Crippen molar-refractivity contribution in [2.75, 3.05) is 31.5 Å². The minimum Gasteiger partial charge on any atom is -0.389 e. The lowest BCUT2D eigenvalue weighted by atomic mass is 10.1. The molecule has 0 aromatic carbocycles.